The number of aryl methyl sites for hydroxylation is 1. The molecule has 0 saturated heterocycles. The number of halogens is 1. The van der Waals surface area contributed by atoms with E-state index in [2.05, 4.69) is 15.1 Å². The number of hydrogen-bond donors (Lipinski definition) is 0. The second kappa shape index (κ2) is 3.14. The van der Waals surface area contributed by atoms with Gasteiger partial charge in [0.1, 0.15) is 11.4 Å². The summed E-state index contributed by atoms with van der Waals surface area (Å²) in [6.45, 7) is 0. The van der Waals surface area contributed by atoms with Gasteiger partial charge in [-0.2, -0.15) is 5.10 Å². The quantitative estimate of drug-likeness (QED) is 0.692. The molecule has 0 bridgehead atoms. The lowest BCUT2D eigenvalue weighted by Gasteiger charge is -1.96. The summed E-state index contributed by atoms with van der Waals surface area (Å²) in [4.78, 5) is 8.01. The van der Waals surface area contributed by atoms with Crippen LogP contribution in [0.5, 0.6) is 0 Å². The molecule has 0 saturated carbocycles. The largest absolute Gasteiger partial charge is 0.275 e. The van der Waals surface area contributed by atoms with Crippen LogP contribution in [0.1, 0.15) is 0 Å². The van der Waals surface area contributed by atoms with Gasteiger partial charge in [0.25, 0.3) is 0 Å². The van der Waals surface area contributed by atoms with Gasteiger partial charge in [0, 0.05) is 25.6 Å². The van der Waals surface area contributed by atoms with Crippen molar-refractivity contribution in [3.8, 4) is 11.4 Å². The topological polar surface area (TPSA) is 43.6 Å². The number of rotatable bonds is 1. The first kappa shape index (κ1) is 8.19. The van der Waals surface area contributed by atoms with E-state index in [9.17, 15) is 0 Å². The first-order chi connectivity index (χ1) is 6.27. The average Bonchev–Trinajstić information content (AvgIpc) is 2.53. The normalized spacial score (nSPS) is 10.3. The molecular weight excluding hydrogens is 188 g/mol. The molecule has 2 heterocycles. The number of hydrogen-bond acceptors (Lipinski definition) is 3. The van der Waals surface area contributed by atoms with Gasteiger partial charge in [-0.15, -0.1) is 0 Å². The summed E-state index contributed by atoms with van der Waals surface area (Å²) in [5, 5.41) is 4.55. The van der Waals surface area contributed by atoms with Gasteiger partial charge >= 0.3 is 0 Å². The number of nitrogens with zero attached hydrogens (tertiary/aromatic N) is 4. The van der Waals surface area contributed by atoms with Gasteiger partial charge in [-0.1, -0.05) is 11.6 Å². The van der Waals surface area contributed by atoms with E-state index in [0.717, 1.165) is 5.69 Å². The van der Waals surface area contributed by atoms with E-state index in [-0.39, 0.29) is 0 Å². The molecule has 4 nitrogen and oxygen atoms in total. The molecule has 2 rings (SSSR count). The molecule has 0 amide bonds. The molecule has 0 aromatic carbocycles. The van der Waals surface area contributed by atoms with Crippen molar-refractivity contribution in [3.63, 3.8) is 0 Å². The Morgan fingerprint density at radius 2 is 2.08 bits per heavy atom. The highest BCUT2D eigenvalue weighted by Crippen LogP contribution is 2.20. The summed E-state index contributed by atoms with van der Waals surface area (Å²) in [5.74, 6) is 0. The molecule has 2 aromatic heterocycles. The van der Waals surface area contributed by atoms with Crippen LogP contribution in [-0.4, -0.2) is 19.7 Å². The summed E-state index contributed by atoms with van der Waals surface area (Å²) < 4.78 is 1.69. The third-order valence-corrected chi connectivity index (χ3v) is 1.89. The lowest BCUT2D eigenvalue weighted by Crippen LogP contribution is -1.91. The zero-order valence-corrected chi connectivity index (χ0v) is 7.73. The van der Waals surface area contributed by atoms with Crippen molar-refractivity contribution in [2.45, 2.75) is 0 Å². The van der Waals surface area contributed by atoms with Crippen molar-refractivity contribution in [2.24, 2.45) is 7.05 Å². The first-order valence-electron chi connectivity index (χ1n) is 3.74. The van der Waals surface area contributed by atoms with E-state index in [1.807, 2.05) is 19.3 Å². The molecule has 0 N–H and O–H groups in total. The van der Waals surface area contributed by atoms with Gasteiger partial charge in [0.15, 0.2) is 5.15 Å². The van der Waals surface area contributed by atoms with Crippen LogP contribution >= 0.6 is 11.6 Å². The Morgan fingerprint density at radius 1 is 1.31 bits per heavy atom. The molecular formula is C8H7ClN4. The summed E-state index contributed by atoms with van der Waals surface area (Å²) in [7, 11) is 1.84. The Labute approximate surface area is 80.2 Å². The molecule has 0 unspecified atom stereocenters. The lowest BCUT2D eigenvalue weighted by molar-refractivity contribution is 0.769. The van der Waals surface area contributed by atoms with Crippen molar-refractivity contribution >= 4 is 11.6 Å². The molecule has 0 atom stereocenters. The SMILES string of the molecule is Cn1ccc(-c2nccnc2Cl)n1. The second-order valence-corrected chi connectivity index (χ2v) is 2.93. The lowest BCUT2D eigenvalue weighted by atomic mass is 10.3. The maximum atomic E-state index is 5.85. The maximum Gasteiger partial charge on any atom is 0.156 e. The third-order valence-electron chi connectivity index (χ3n) is 1.61. The van der Waals surface area contributed by atoms with Gasteiger partial charge in [0.2, 0.25) is 0 Å². The monoisotopic (exact) mass is 194 g/mol. The standard InChI is InChI=1S/C8H7ClN4/c1-13-5-2-6(12-13)7-8(9)11-4-3-10-7/h2-5H,1H3. The summed E-state index contributed by atoms with van der Waals surface area (Å²) >= 11 is 5.85. The molecule has 0 aliphatic rings. The minimum atomic E-state index is 0.376. The van der Waals surface area contributed by atoms with Gasteiger partial charge in [-0.05, 0) is 6.07 Å². The highest BCUT2D eigenvalue weighted by atomic mass is 35.5. The molecule has 2 aromatic rings. The number of aromatic nitrogens is 4. The fourth-order valence-electron chi connectivity index (χ4n) is 1.03. The van der Waals surface area contributed by atoms with Crippen molar-refractivity contribution in [3.05, 3.63) is 29.8 Å². The van der Waals surface area contributed by atoms with Crippen LogP contribution in [0.25, 0.3) is 11.4 Å². The van der Waals surface area contributed by atoms with Crippen LogP contribution in [-0.2, 0) is 7.05 Å². The molecule has 0 aliphatic heterocycles. The Hall–Kier alpha value is -1.42. The van der Waals surface area contributed by atoms with E-state index in [0.29, 0.717) is 10.8 Å². The molecule has 0 radical (unpaired) electrons. The predicted molar refractivity (Wildman–Crippen MR) is 49.2 cm³/mol. The first-order valence-corrected chi connectivity index (χ1v) is 4.11. The predicted octanol–water partition coefficient (Wildman–Crippen LogP) is 1.53. The molecule has 0 aliphatic carbocycles. The Bertz CT molecular complexity index is 424. The molecule has 5 heteroatoms. The van der Waals surface area contributed by atoms with Gasteiger partial charge in [-0.25, -0.2) is 9.97 Å². The third kappa shape index (κ3) is 1.53. The minimum Gasteiger partial charge on any atom is -0.275 e. The highest BCUT2D eigenvalue weighted by Gasteiger charge is 2.07. The fraction of sp³-hybridized carbons (Fsp3) is 0.125. The smallest absolute Gasteiger partial charge is 0.156 e. The van der Waals surface area contributed by atoms with Crippen molar-refractivity contribution < 1.29 is 0 Å². The average molecular weight is 195 g/mol. The molecule has 13 heavy (non-hydrogen) atoms. The fourth-order valence-corrected chi connectivity index (χ4v) is 1.24. The Balaban J connectivity index is 2.52. The van der Waals surface area contributed by atoms with Crippen LogP contribution in [0.2, 0.25) is 5.15 Å². The Morgan fingerprint density at radius 3 is 2.69 bits per heavy atom. The summed E-state index contributed by atoms with van der Waals surface area (Å²) in [5.41, 5.74) is 1.35. The Kier molecular flexibility index (Phi) is 1.98. The van der Waals surface area contributed by atoms with E-state index >= 15 is 0 Å². The zero-order valence-electron chi connectivity index (χ0n) is 6.98. The van der Waals surface area contributed by atoms with Crippen LogP contribution < -0.4 is 0 Å². The van der Waals surface area contributed by atoms with E-state index in [1.54, 1.807) is 17.1 Å². The highest BCUT2D eigenvalue weighted by molar-refractivity contribution is 6.31. The summed E-state index contributed by atoms with van der Waals surface area (Å²) in [6, 6.07) is 1.84. The minimum absolute atomic E-state index is 0.376. The van der Waals surface area contributed by atoms with Crippen molar-refractivity contribution in [2.75, 3.05) is 0 Å². The van der Waals surface area contributed by atoms with Crippen LogP contribution in [0, 0.1) is 0 Å². The second-order valence-electron chi connectivity index (χ2n) is 2.57. The zero-order chi connectivity index (χ0) is 9.26. The molecule has 66 valence electrons. The van der Waals surface area contributed by atoms with Crippen LogP contribution in [0.15, 0.2) is 24.7 Å². The van der Waals surface area contributed by atoms with Gasteiger partial charge < -0.3 is 0 Å². The van der Waals surface area contributed by atoms with Crippen molar-refractivity contribution in [1.82, 2.24) is 19.7 Å². The van der Waals surface area contributed by atoms with E-state index in [4.69, 9.17) is 11.6 Å². The summed E-state index contributed by atoms with van der Waals surface area (Å²) in [6.07, 6.45) is 4.98. The van der Waals surface area contributed by atoms with Gasteiger partial charge in [0.05, 0.1) is 0 Å². The van der Waals surface area contributed by atoms with Crippen molar-refractivity contribution in [1.29, 1.82) is 0 Å². The van der Waals surface area contributed by atoms with Crippen LogP contribution in [0.4, 0.5) is 0 Å². The van der Waals surface area contributed by atoms with E-state index < -0.39 is 0 Å². The van der Waals surface area contributed by atoms with E-state index in [1.165, 1.54) is 0 Å². The molecule has 0 spiro atoms. The maximum absolute atomic E-state index is 5.85. The van der Waals surface area contributed by atoms with Gasteiger partial charge in [-0.3, -0.25) is 4.68 Å². The van der Waals surface area contributed by atoms with Crippen LogP contribution in [0.3, 0.4) is 0 Å². The molecule has 0 fully saturated rings.